The van der Waals surface area contributed by atoms with Crippen molar-refractivity contribution < 1.29 is 5.11 Å². The predicted molar refractivity (Wildman–Crippen MR) is 48.6 cm³/mol. The van der Waals surface area contributed by atoms with E-state index in [1.165, 1.54) is 0 Å². The van der Waals surface area contributed by atoms with Crippen LogP contribution in [0.1, 0.15) is 18.7 Å². The molecule has 0 spiro atoms. The van der Waals surface area contributed by atoms with Gasteiger partial charge in [0.2, 0.25) is 0 Å². The van der Waals surface area contributed by atoms with Gasteiger partial charge < -0.3 is 9.51 Å². The summed E-state index contributed by atoms with van der Waals surface area (Å²) in [6.07, 6.45) is 4.37. The van der Waals surface area contributed by atoms with Gasteiger partial charge in [-0.2, -0.15) is 0 Å². The summed E-state index contributed by atoms with van der Waals surface area (Å²) in [6, 6.07) is 0. The minimum Gasteiger partial charge on any atom is -0.387 e. The Hall–Kier alpha value is -1.13. The molecule has 0 radical (unpaired) electrons. The second-order valence-corrected chi connectivity index (χ2v) is 3.20. The fraction of sp³-hybridized carbons (Fsp3) is 0.250. The molecule has 5 heteroatoms. The van der Waals surface area contributed by atoms with Crippen LogP contribution in [0.2, 0.25) is 5.15 Å². The fourth-order valence-corrected chi connectivity index (χ4v) is 1.25. The third-order valence-corrected chi connectivity index (χ3v) is 1.95. The van der Waals surface area contributed by atoms with Gasteiger partial charge in [-0.25, -0.2) is 9.97 Å². The van der Waals surface area contributed by atoms with Gasteiger partial charge in [-0.05, 0) is 6.92 Å². The minimum atomic E-state index is -0.571. The van der Waals surface area contributed by atoms with Crippen molar-refractivity contribution in [2.24, 2.45) is 0 Å². The lowest BCUT2D eigenvalue weighted by atomic mass is 10.3. The first-order chi connectivity index (χ1) is 6.16. The van der Waals surface area contributed by atoms with Crippen LogP contribution in [0.25, 0.3) is 5.65 Å². The van der Waals surface area contributed by atoms with Crippen molar-refractivity contribution in [3.8, 4) is 0 Å². The number of aliphatic hydroxyl groups is 1. The van der Waals surface area contributed by atoms with Crippen LogP contribution in [0.3, 0.4) is 0 Å². The zero-order valence-electron chi connectivity index (χ0n) is 6.98. The van der Waals surface area contributed by atoms with Crippen molar-refractivity contribution in [2.45, 2.75) is 13.0 Å². The summed E-state index contributed by atoms with van der Waals surface area (Å²) >= 11 is 5.69. The largest absolute Gasteiger partial charge is 0.387 e. The molecule has 2 aromatic heterocycles. The molecule has 2 heterocycles. The van der Waals surface area contributed by atoms with Gasteiger partial charge in [0.1, 0.15) is 5.15 Å². The quantitative estimate of drug-likeness (QED) is 0.753. The molecule has 0 bridgehead atoms. The average Bonchev–Trinajstić information content (AvgIpc) is 2.46. The summed E-state index contributed by atoms with van der Waals surface area (Å²) in [6.45, 7) is 1.66. The molecule has 0 saturated heterocycles. The van der Waals surface area contributed by atoms with Crippen LogP contribution in [-0.2, 0) is 0 Å². The Morgan fingerprint density at radius 3 is 3.00 bits per heavy atom. The van der Waals surface area contributed by atoms with Gasteiger partial charge >= 0.3 is 0 Å². The molecule has 0 aromatic carbocycles. The van der Waals surface area contributed by atoms with Crippen LogP contribution in [0, 0.1) is 0 Å². The fourth-order valence-electron chi connectivity index (χ4n) is 1.10. The number of aromatic nitrogens is 3. The average molecular weight is 198 g/mol. The van der Waals surface area contributed by atoms with Crippen LogP contribution in [-0.4, -0.2) is 19.5 Å². The van der Waals surface area contributed by atoms with E-state index in [0.717, 1.165) is 0 Å². The second-order valence-electron chi connectivity index (χ2n) is 2.82. The Labute approximate surface area is 79.8 Å². The summed E-state index contributed by atoms with van der Waals surface area (Å²) in [5, 5.41) is 9.67. The number of hydrogen-bond acceptors (Lipinski definition) is 3. The van der Waals surface area contributed by atoms with E-state index in [1.807, 2.05) is 0 Å². The van der Waals surface area contributed by atoms with Gasteiger partial charge in [0, 0.05) is 12.4 Å². The van der Waals surface area contributed by atoms with Crippen molar-refractivity contribution in [2.75, 3.05) is 0 Å². The Morgan fingerprint density at radius 2 is 2.31 bits per heavy atom. The first-order valence-electron chi connectivity index (χ1n) is 3.85. The van der Waals surface area contributed by atoms with Crippen LogP contribution >= 0.6 is 11.6 Å². The number of imidazole rings is 1. The van der Waals surface area contributed by atoms with E-state index in [-0.39, 0.29) is 0 Å². The Morgan fingerprint density at radius 1 is 1.54 bits per heavy atom. The number of rotatable bonds is 1. The van der Waals surface area contributed by atoms with E-state index in [1.54, 1.807) is 29.9 Å². The first kappa shape index (κ1) is 8.47. The third kappa shape index (κ3) is 1.50. The lowest BCUT2D eigenvalue weighted by Gasteiger charge is -1.94. The molecule has 1 N–H and O–H groups in total. The normalized spacial score (nSPS) is 13.5. The zero-order valence-corrected chi connectivity index (χ0v) is 7.73. The monoisotopic (exact) mass is 197 g/mol. The Bertz CT molecular complexity index is 438. The zero-order chi connectivity index (χ0) is 9.42. The van der Waals surface area contributed by atoms with Crippen LogP contribution < -0.4 is 0 Å². The Kier molecular flexibility index (Phi) is 1.94. The molecule has 13 heavy (non-hydrogen) atoms. The molecule has 2 aromatic rings. The maximum Gasteiger partial charge on any atom is 0.155 e. The number of halogens is 1. The summed E-state index contributed by atoms with van der Waals surface area (Å²) in [5.74, 6) is 0. The van der Waals surface area contributed by atoms with E-state index in [9.17, 15) is 5.11 Å². The molecule has 0 aliphatic carbocycles. The highest BCUT2D eigenvalue weighted by Crippen LogP contribution is 2.13. The second kappa shape index (κ2) is 2.97. The summed E-state index contributed by atoms with van der Waals surface area (Å²) < 4.78 is 1.73. The molecule has 0 fully saturated rings. The molecule has 0 aliphatic rings. The molecular weight excluding hydrogens is 190 g/mol. The van der Waals surface area contributed by atoms with E-state index < -0.39 is 6.10 Å². The maximum absolute atomic E-state index is 9.26. The molecule has 1 unspecified atom stereocenters. The van der Waals surface area contributed by atoms with Crippen molar-refractivity contribution in [3.05, 3.63) is 29.4 Å². The SMILES string of the molecule is CC(O)c1cn2cc(Cl)ncc2n1. The highest BCUT2D eigenvalue weighted by Gasteiger charge is 2.06. The van der Waals surface area contributed by atoms with E-state index in [2.05, 4.69) is 9.97 Å². The highest BCUT2D eigenvalue weighted by molar-refractivity contribution is 6.29. The van der Waals surface area contributed by atoms with Crippen LogP contribution in [0.15, 0.2) is 18.6 Å². The van der Waals surface area contributed by atoms with E-state index >= 15 is 0 Å². The summed E-state index contributed by atoms with van der Waals surface area (Å²) in [4.78, 5) is 8.03. The highest BCUT2D eigenvalue weighted by atomic mass is 35.5. The lowest BCUT2D eigenvalue weighted by Crippen LogP contribution is -1.89. The Balaban J connectivity index is 2.62. The van der Waals surface area contributed by atoms with Gasteiger partial charge in [-0.15, -0.1) is 0 Å². The molecule has 0 aliphatic heterocycles. The minimum absolute atomic E-state index is 0.405. The third-order valence-electron chi connectivity index (χ3n) is 1.76. The van der Waals surface area contributed by atoms with Crippen molar-refractivity contribution in [1.82, 2.24) is 14.4 Å². The summed E-state index contributed by atoms with van der Waals surface area (Å²) in [7, 11) is 0. The van der Waals surface area contributed by atoms with Crippen molar-refractivity contribution >= 4 is 17.2 Å². The molecule has 0 saturated carbocycles. The topological polar surface area (TPSA) is 50.4 Å². The van der Waals surface area contributed by atoms with Crippen molar-refractivity contribution in [1.29, 1.82) is 0 Å². The number of nitrogens with zero attached hydrogens (tertiary/aromatic N) is 3. The van der Waals surface area contributed by atoms with Crippen LogP contribution in [0.4, 0.5) is 0 Å². The van der Waals surface area contributed by atoms with Gasteiger partial charge in [0.15, 0.2) is 5.65 Å². The van der Waals surface area contributed by atoms with Gasteiger partial charge in [0.05, 0.1) is 18.0 Å². The van der Waals surface area contributed by atoms with Crippen molar-refractivity contribution in [3.63, 3.8) is 0 Å². The molecule has 68 valence electrons. The first-order valence-corrected chi connectivity index (χ1v) is 4.23. The summed E-state index contributed by atoms with van der Waals surface area (Å²) in [5.41, 5.74) is 1.30. The van der Waals surface area contributed by atoms with Crippen LogP contribution in [0.5, 0.6) is 0 Å². The maximum atomic E-state index is 9.26. The predicted octanol–water partition coefficient (Wildman–Crippen LogP) is 1.44. The molecule has 1 atom stereocenters. The molecular formula is C8H8ClN3O. The van der Waals surface area contributed by atoms with Gasteiger partial charge in [-0.1, -0.05) is 11.6 Å². The standard InChI is InChI=1S/C8H8ClN3O/c1-5(13)6-3-12-4-7(9)10-2-8(12)11-6/h2-5,13H,1H3. The molecule has 4 nitrogen and oxygen atoms in total. The number of hydrogen-bond donors (Lipinski definition) is 1. The van der Waals surface area contributed by atoms with Gasteiger partial charge in [0.25, 0.3) is 0 Å². The van der Waals surface area contributed by atoms with Gasteiger partial charge in [-0.3, -0.25) is 0 Å². The van der Waals surface area contributed by atoms with E-state index in [0.29, 0.717) is 16.5 Å². The lowest BCUT2D eigenvalue weighted by molar-refractivity contribution is 0.195. The smallest absolute Gasteiger partial charge is 0.155 e. The molecule has 0 amide bonds. The number of aliphatic hydroxyl groups excluding tert-OH is 1. The van der Waals surface area contributed by atoms with E-state index in [4.69, 9.17) is 11.6 Å². The molecule has 2 rings (SSSR count). The number of fused-ring (bicyclic) bond motifs is 1.